The molecule has 10 heteroatoms. The number of nitrogens with zero attached hydrogens (tertiary/aromatic N) is 3. The Kier molecular flexibility index (Phi) is 5.82. The second-order valence-corrected chi connectivity index (χ2v) is 9.68. The van der Waals surface area contributed by atoms with Gasteiger partial charge in [-0.25, -0.2) is 18.9 Å². The van der Waals surface area contributed by atoms with E-state index in [0.717, 1.165) is 22.5 Å². The number of aromatic nitrogens is 1. The number of hydrogen-bond acceptors (Lipinski definition) is 7. The first-order valence-electron chi connectivity index (χ1n) is 9.30. The molecule has 156 valence electrons. The molecule has 2 N–H and O–H groups in total. The molecule has 1 fully saturated rings. The van der Waals surface area contributed by atoms with Gasteiger partial charge in [0.25, 0.3) is 5.91 Å². The van der Waals surface area contributed by atoms with Gasteiger partial charge in [-0.1, -0.05) is 53.8 Å². The molecule has 2 aromatic carbocycles. The fourth-order valence-electron chi connectivity index (χ4n) is 3.29. The largest absolute Gasteiger partial charge is 0.345 e. The van der Waals surface area contributed by atoms with E-state index in [0.29, 0.717) is 36.2 Å². The number of carbonyl (C=O) groups excluding carboxylic acids is 1. The van der Waals surface area contributed by atoms with Crippen LogP contribution in [0.2, 0.25) is 0 Å². The average molecular weight is 445 g/mol. The first kappa shape index (κ1) is 20.5. The lowest BCUT2D eigenvalue weighted by atomic mass is 10.1. The molecule has 0 bridgehead atoms. The maximum atomic E-state index is 13.0. The molecule has 1 amide bonds. The minimum absolute atomic E-state index is 0.270. The third-order valence-corrected chi connectivity index (χ3v) is 7.90. The summed E-state index contributed by atoms with van der Waals surface area (Å²) in [7, 11) is -3.59. The zero-order valence-corrected chi connectivity index (χ0v) is 17.6. The van der Waals surface area contributed by atoms with Crippen molar-refractivity contribution in [2.75, 3.05) is 31.1 Å². The van der Waals surface area contributed by atoms with Gasteiger partial charge in [0.2, 0.25) is 10.0 Å². The Morgan fingerprint density at radius 3 is 2.23 bits per heavy atom. The highest BCUT2D eigenvalue weighted by atomic mass is 32.2. The first-order valence-corrected chi connectivity index (χ1v) is 11.6. The van der Waals surface area contributed by atoms with Crippen molar-refractivity contribution in [2.24, 2.45) is 0 Å². The van der Waals surface area contributed by atoms with Gasteiger partial charge >= 0.3 is 0 Å². The summed E-state index contributed by atoms with van der Waals surface area (Å²) in [5.74, 6) is -0.612. The molecule has 0 saturated carbocycles. The van der Waals surface area contributed by atoms with E-state index in [2.05, 4.69) is 4.98 Å². The number of anilines is 1. The number of carbonyl (C=O) groups is 1. The Morgan fingerprint density at radius 2 is 1.60 bits per heavy atom. The lowest BCUT2D eigenvalue weighted by Gasteiger charge is -2.33. The van der Waals surface area contributed by atoms with Crippen LogP contribution >= 0.6 is 11.3 Å². The highest BCUT2D eigenvalue weighted by molar-refractivity contribution is 7.89. The van der Waals surface area contributed by atoms with Gasteiger partial charge in [0.05, 0.1) is 11.1 Å². The number of benzene rings is 2. The van der Waals surface area contributed by atoms with Crippen LogP contribution in [-0.4, -0.2) is 55.0 Å². The molecule has 0 atom stereocenters. The van der Waals surface area contributed by atoms with Gasteiger partial charge in [0, 0.05) is 26.2 Å². The van der Waals surface area contributed by atoms with Crippen molar-refractivity contribution >= 4 is 32.4 Å². The van der Waals surface area contributed by atoms with Crippen LogP contribution in [0.5, 0.6) is 0 Å². The molecule has 1 saturated heterocycles. The van der Waals surface area contributed by atoms with Crippen molar-refractivity contribution in [1.29, 1.82) is 0 Å². The number of hydrogen-bond donors (Lipinski definition) is 2. The van der Waals surface area contributed by atoms with E-state index in [9.17, 15) is 13.2 Å². The summed E-state index contributed by atoms with van der Waals surface area (Å²) in [5, 5.41) is 9.34. The standard InChI is InChI=1S/C20H20N4O4S2/c25-19(22-26)18-14-21-20(29-18)23-10-12-24(13-11-23)30(27,28)17-8-6-16(7-9-17)15-4-2-1-3-5-15/h1-9,14,26H,10-13H2,(H,22,25). The molecular formula is C20H20N4O4S2. The number of sulfonamides is 1. The van der Waals surface area contributed by atoms with Crippen LogP contribution in [0.1, 0.15) is 9.67 Å². The number of nitrogens with one attached hydrogen (secondary N) is 1. The summed E-state index contributed by atoms with van der Waals surface area (Å²) in [6, 6.07) is 16.7. The molecule has 8 nitrogen and oxygen atoms in total. The van der Waals surface area contributed by atoms with Crippen molar-refractivity contribution in [3.8, 4) is 11.1 Å². The number of hydroxylamine groups is 1. The summed E-state index contributed by atoms with van der Waals surface area (Å²) in [5.41, 5.74) is 3.58. The summed E-state index contributed by atoms with van der Waals surface area (Å²) < 4.78 is 27.5. The topological polar surface area (TPSA) is 103 Å². The minimum Gasteiger partial charge on any atom is -0.345 e. The molecule has 2 heterocycles. The first-order chi connectivity index (χ1) is 14.5. The summed E-state index contributed by atoms with van der Waals surface area (Å²) in [4.78, 5) is 18.2. The predicted octanol–water partition coefficient (Wildman–Crippen LogP) is 2.44. The Balaban J connectivity index is 1.43. The van der Waals surface area contributed by atoms with Gasteiger partial charge in [-0.2, -0.15) is 4.31 Å². The molecule has 0 radical (unpaired) electrons. The average Bonchev–Trinajstić information content (AvgIpc) is 3.30. The Bertz CT molecular complexity index is 1120. The maximum absolute atomic E-state index is 13.0. The van der Waals surface area contributed by atoms with E-state index < -0.39 is 15.9 Å². The summed E-state index contributed by atoms with van der Waals surface area (Å²) in [6.45, 7) is 1.58. The molecule has 0 spiro atoms. The molecule has 0 aliphatic carbocycles. The number of thiazole rings is 1. The van der Waals surface area contributed by atoms with Crippen molar-refractivity contribution in [1.82, 2.24) is 14.8 Å². The van der Waals surface area contributed by atoms with Gasteiger partial charge in [0.15, 0.2) is 5.13 Å². The Morgan fingerprint density at radius 1 is 0.967 bits per heavy atom. The van der Waals surface area contributed by atoms with Crippen LogP contribution < -0.4 is 10.4 Å². The molecule has 1 aliphatic heterocycles. The molecule has 1 aliphatic rings. The van der Waals surface area contributed by atoms with Gasteiger partial charge < -0.3 is 4.90 Å². The molecule has 0 unspecified atom stereocenters. The SMILES string of the molecule is O=C(NO)c1cnc(N2CCN(S(=O)(=O)c3ccc(-c4ccccc4)cc3)CC2)s1. The number of amides is 1. The third-order valence-electron chi connectivity index (χ3n) is 4.93. The highest BCUT2D eigenvalue weighted by Gasteiger charge is 2.29. The van der Waals surface area contributed by atoms with E-state index in [4.69, 9.17) is 5.21 Å². The van der Waals surface area contributed by atoms with Gasteiger partial charge in [-0.3, -0.25) is 10.0 Å². The normalized spacial score (nSPS) is 15.2. The summed E-state index contributed by atoms with van der Waals surface area (Å²) in [6.07, 6.45) is 1.39. The lowest BCUT2D eigenvalue weighted by Crippen LogP contribution is -2.48. The van der Waals surface area contributed by atoms with Crippen molar-refractivity contribution in [3.05, 3.63) is 65.7 Å². The molecule has 1 aromatic heterocycles. The van der Waals surface area contributed by atoms with Crippen molar-refractivity contribution in [2.45, 2.75) is 4.90 Å². The Hall–Kier alpha value is -2.79. The lowest BCUT2D eigenvalue weighted by molar-refractivity contribution is 0.0710. The molecular weight excluding hydrogens is 424 g/mol. The number of rotatable bonds is 5. The van der Waals surface area contributed by atoms with Crippen LogP contribution in [0.4, 0.5) is 5.13 Å². The number of piperazine rings is 1. The minimum atomic E-state index is -3.59. The Labute approximate surface area is 178 Å². The smallest absolute Gasteiger partial charge is 0.286 e. The van der Waals surface area contributed by atoms with Crippen molar-refractivity contribution < 1.29 is 18.4 Å². The van der Waals surface area contributed by atoms with E-state index >= 15 is 0 Å². The van der Waals surface area contributed by atoms with Crippen LogP contribution in [0.15, 0.2) is 65.7 Å². The third kappa shape index (κ3) is 4.08. The monoisotopic (exact) mass is 444 g/mol. The zero-order valence-electron chi connectivity index (χ0n) is 15.9. The quantitative estimate of drug-likeness (QED) is 0.463. The maximum Gasteiger partial charge on any atom is 0.286 e. The summed E-state index contributed by atoms with van der Waals surface area (Å²) >= 11 is 1.15. The van der Waals surface area contributed by atoms with Crippen LogP contribution in [0.3, 0.4) is 0 Å². The fourth-order valence-corrected chi connectivity index (χ4v) is 5.57. The molecule has 3 aromatic rings. The predicted molar refractivity (Wildman–Crippen MR) is 114 cm³/mol. The fraction of sp³-hybridized carbons (Fsp3) is 0.200. The van der Waals surface area contributed by atoms with Crippen LogP contribution in [-0.2, 0) is 10.0 Å². The molecule has 4 rings (SSSR count). The van der Waals surface area contributed by atoms with Crippen LogP contribution in [0.25, 0.3) is 11.1 Å². The highest BCUT2D eigenvalue weighted by Crippen LogP contribution is 2.26. The van der Waals surface area contributed by atoms with E-state index in [1.807, 2.05) is 47.4 Å². The van der Waals surface area contributed by atoms with Gasteiger partial charge in [-0.15, -0.1) is 0 Å². The van der Waals surface area contributed by atoms with E-state index in [1.165, 1.54) is 10.5 Å². The van der Waals surface area contributed by atoms with E-state index in [-0.39, 0.29) is 4.90 Å². The van der Waals surface area contributed by atoms with Gasteiger partial charge in [0.1, 0.15) is 4.88 Å². The molecule has 30 heavy (non-hydrogen) atoms. The zero-order chi connectivity index (χ0) is 21.1. The second-order valence-electron chi connectivity index (χ2n) is 6.73. The van der Waals surface area contributed by atoms with Crippen LogP contribution in [0, 0.1) is 0 Å². The van der Waals surface area contributed by atoms with Gasteiger partial charge in [-0.05, 0) is 23.3 Å². The van der Waals surface area contributed by atoms with E-state index in [1.54, 1.807) is 17.6 Å². The van der Waals surface area contributed by atoms with Crippen molar-refractivity contribution in [3.63, 3.8) is 0 Å². The second kappa shape index (κ2) is 8.52.